The minimum Gasteiger partial charge on any atom is -0.497 e. The van der Waals surface area contributed by atoms with Crippen LogP contribution in [0.25, 0.3) is 0 Å². The molecule has 0 unspecified atom stereocenters. The molecule has 1 N–H and O–H groups in total. The van der Waals surface area contributed by atoms with Gasteiger partial charge in [-0.05, 0) is 30.3 Å². The van der Waals surface area contributed by atoms with Crippen LogP contribution >= 0.6 is 23.2 Å². The van der Waals surface area contributed by atoms with E-state index in [2.05, 4.69) is 5.32 Å². The van der Waals surface area contributed by atoms with Gasteiger partial charge in [-0.25, -0.2) is 0 Å². The second-order valence-corrected chi connectivity index (χ2v) is 7.21. The highest BCUT2D eigenvalue weighted by Gasteiger charge is 2.36. The average molecular weight is 437 g/mol. The number of halogens is 2. The predicted octanol–water partition coefficient (Wildman–Crippen LogP) is 3.54. The number of nitrogens with zero attached hydrogens (tertiary/aromatic N) is 1. The van der Waals surface area contributed by atoms with E-state index >= 15 is 0 Å². The number of carbonyl (C=O) groups excluding carboxylic acids is 3. The van der Waals surface area contributed by atoms with Gasteiger partial charge < -0.3 is 19.7 Å². The molecule has 2 amide bonds. The smallest absolute Gasteiger partial charge is 0.311 e. The fourth-order valence-electron chi connectivity index (χ4n) is 2.92. The lowest BCUT2D eigenvalue weighted by Gasteiger charge is -2.17. The van der Waals surface area contributed by atoms with Crippen molar-refractivity contribution in [1.29, 1.82) is 0 Å². The van der Waals surface area contributed by atoms with Gasteiger partial charge in [-0.2, -0.15) is 0 Å². The first-order valence-electron chi connectivity index (χ1n) is 8.73. The van der Waals surface area contributed by atoms with Crippen LogP contribution < -0.4 is 15.0 Å². The van der Waals surface area contributed by atoms with Crippen LogP contribution in [0.2, 0.25) is 10.0 Å². The van der Waals surface area contributed by atoms with Crippen molar-refractivity contribution in [2.75, 3.05) is 30.5 Å². The summed E-state index contributed by atoms with van der Waals surface area (Å²) in [6.45, 7) is -0.290. The molecule has 29 heavy (non-hydrogen) atoms. The molecule has 0 bridgehead atoms. The summed E-state index contributed by atoms with van der Waals surface area (Å²) in [6.07, 6.45) is 0.0183. The quantitative estimate of drug-likeness (QED) is 0.699. The first-order chi connectivity index (χ1) is 13.9. The van der Waals surface area contributed by atoms with Gasteiger partial charge in [-0.15, -0.1) is 0 Å². The van der Waals surface area contributed by atoms with Crippen LogP contribution in [0.4, 0.5) is 11.4 Å². The molecule has 9 heteroatoms. The maximum atomic E-state index is 12.3. The molecule has 0 saturated carbocycles. The van der Waals surface area contributed by atoms with Crippen molar-refractivity contribution in [2.24, 2.45) is 5.92 Å². The maximum absolute atomic E-state index is 12.3. The van der Waals surface area contributed by atoms with Crippen molar-refractivity contribution in [2.45, 2.75) is 6.42 Å². The molecular weight excluding hydrogens is 419 g/mol. The van der Waals surface area contributed by atoms with Crippen molar-refractivity contribution >= 4 is 52.4 Å². The summed E-state index contributed by atoms with van der Waals surface area (Å²) in [4.78, 5) is 38.1. The molecule has 1 heterocycles. The molecule has 0 aliphatic carbocycles. The molecule has 1 saturated heterocycles. The van der Waals surface area contributed by atoms with Gasteiger partial charge in [0, 0.05) is 30.4 Å². The summed E-state index contributed by atoms with van der Waals surface area (Å²) in [7, 11) is 1.54. The van der Waals surface area contributed by atoms with Crippen LogP contribution in [0.15, 0.2) is 42.5 Å². The molecule has 152 valence electrons. The SMILES string of the molecule is COc1cccc(N2C[C@@H](C(=O)OCC(=O)Nc3ccc(Cl)c(Cl)c3)CC2=O)c1. The second kappa shape index (κ2) is 9.15. The lowest BCUT2D eigenvalue weighted by molar-refractivity contribution is -0.151. The highest BCUT2D eigenvalue weighted by molar-refractivity contribution is 6.42. The van der Waals surface area contributed by atoms with Crippen molar-refractivity contribution in [1.82, 2.24) is 0 Å². The Morgan fingerprint density at radius 1 is 1.17 bits per heavy atom. The van der Waals surface area contributed by atoms with Gasteiger partial charge in [-0.1, -0.05) is 29.3 Å². The summed E-state index contributed by atoms with van der Waals surface area (Å²) in [6, 6.07) is 11.6. The van der Waals surface area contributed by atoms with Gasteiger partial charge in [-0.3, -0.25) is 14.4 Å². The third-order valence-electron chi connectivity index (χ3n) is 4.37. The van der Waals surface area contributed by atoms with Crippen LogP contribution in [-0.4, -0.2) is 38.0 Å². The number of amides is 2. The summed E-state index contributed by atoms with van der Waals surface area (Å²) in [5.41, 5.74) is 1.07. The summed E-state index contributed by atoms with van der Waals surface area (Å²) in [5.74, 6) is -1.36. The van der Waals surface area contributed by atoms with E-state index in [1.165, 1.54) is 18.1 Å². The molecule has 7 nitrogen and oxygen atoms in total. The fraction of sp³-hybridized carbons (Fsp3) is 0.250. The van der Waals surface area contributed by atoms with E-state index in [0.29, 0.717) is 27.2 Å². The third kappa shape index (κ3) is 5.19. The van der Waals surface area contributed by atoms with Gasteiger partial charge in [0.2, 0.25) is 5.91 Å². The Hall–Kier alpha value is -2.77. The standard InChI is InChI=1S/C20H18Cl2N2O5/c1-28-15-4-2-3-14(9-15)24-10-12(7-19(24)26)20(27)29-11-18(25)23-13-5-6-16(21)17(22)8-13/h2-6,8-9,12H,7,10-11H2,1H3,(H,23,25)/t12-/m0/s1. The number of nitrogens with one attached hydrogen (secondary N) is 1. The molecule has 1 aliphatic heterocycles. The lowest BCUT2D eigenvalue weighted by Crippen LogP contribution is -2.28. The Morgan fingerprint density at radius 3 is 2.69 bits per heavy atom. The van der Waals surface area contributed by atoms with Crippen LogP contribution in [0.3, 0.4) is 0 Å². The lowest BCUT2D eigenvalue weighted by atomic mass is 10.1. The van der Waals surface area contributed by atoms with Crippen molar-refractivity contribution in [3.05, 3.63) is 52.5 Å². The molecule has 1 aliphatic rings. The molecule has 0 spiro atoms. The Morgan fingerprint density at radius 2 is 1.97 bits per heavy atom. The van der Waals surface area contributed by atoms with Gasteiger partial charge >= 0.3 is 5.97 Å². The highest BCUT2D eigenvalue weighted by Crippen LogP contribution is 2.28. The summed E-state index contributed by atoms with van der Waals surface area (Å²) < 4.78 is 10.2. The minimum absolute atomic E-state index is 0.0183. The second-order valence-electron chi connectivity index (χ2n) is 6.39. The van der Waals surface area contributed by atoms with Crippen LogP contribution in [0.5, 0.6) is 5.75 Å². The zero-order chi connectivity index (χ0) is 21.0. The van der Waals surface area contributed by atoms with Crippen LogP contribution in [0.1, 0.15) is 6.42 Å². The van der Waals surface area contributed by atoms with Gasteiger partial charge in [0.15, 0.2) is 6.61 Å². The first kappa shape index (κ1) is 21.0. The zero-order valence-corrected chi connectivity index (χ0v) is 17.0. The van der Waals surface area contributed by atoms with E-state index in [4.69, 9.17) is 32.7 Å². The van der Waals surface area contributed by atoms with E-state index in [9.17, 15) is 14.4 Å². The molecule has 2 aromatic rings. The van der Waals surface area contributed by atoms with Gasteiger partial charge in [0.25, 0.3) is 5.91 Å². The largest absolute Gasteiger partial charge is 0.497 e. The van der Waals surface area contributed by atoms with E-state index < -0.39 is 24.4 Å². The Balaban J connectivity index is 1.53. The summed E-state index contributed by atoms with van der Waals surface area (Å²) in [5, 5.41) is 3.22. The normalized spacial score (nSPS) is 15.9. The van der Waals surface area contributed by atoms with E-state index in [1.54, 1.807) is 36.4 Å². The molecular formula is C20H18Cl2N2O5. The third-order valence-corrected chi connectivity index (χ3v) is 5.11. The number of rotatable bonds is 6. The number of hydrogen-bond acceptors (Lipinski definition) is 5. The Labute approximate surface area is 177 Å². The zero-order valence-electron chi connectivity index (χ0n) is 15.5. The average Bonchev–Trinajstić information content (AvgIpc) is 3.11. The van der Waals surface area contributed by atoms with Crippen molar-refractivity contribution in [3.8, 4) is 5.75 Å². The Kier molecular flexibility index (Phi) is 6.61. The summed E-state index contributed by atoms with van der Waals surface area (Å²) >= 11 is 11.7. The number of anilines is 2. The topological polar surface area (TPSA) is 84.9 Å². The molecule has 0 radical (unpaired) electrons. The molecule has 1 atom stereocenters. The minimum atomic E-state index is -0.647. The van der Waals surface area contributed by atoms with Crippen molar-refractivity contribution < 1.29 is 23.9 Å². The van der Waals surface area contributed by atoms with Gasteiger partial charge in [0.05, 0.1) is 23.1 Å². The molecule has 2 aromatic carbocycles. The molecule has 3 rings (SSSR count). The number of hydrogen-bond donors (Lipinski definition) is 1. The monoisotopic (exact) mass is 436 g/mol. The number of carbonyl (C=O) groups is 3. The highest BCUT2D eigenvalue weighted by atomic mass is 35.5. The van der Waals surface area contributed by atoms with Gasteiger partial charge in [0.1, 0.15) is 5.75 Å². The maximum Gasteiger partial charge on any atom is 0.311 e. The predicted molar refractivity (Wildman–Crippen MR) is 110 cm³/mol. The van der Waals surface area contributed by atoms with Crippen LogP contribution in [0, 0.1) is 5.92 Å². The number of esters is 1. The van der Waals surface area contributed by atoms with Crippen molar-refractivity contribution in [3.63, 3.8) is 0 Å². The van der Waals surface area contributed by atoms with E-state index in [0.717, 1.165) is 0 Å². The fourth-order valence-corrected chi connectivity index (χ4v) is 3.22. The molecule has 0 aromatic heterocycles. The van der Waals surface area contributed by atoms with E-state index in [1.807, 2.05) is 0 Å². The number of methoxy groups -OCH3 is 1. The first-order valence-corrected chi connectivity index (χ1v) is 9.49. The number of benzene rings is 2. The number of ether oxygens (including phenoxy) is 2. The van der Waals surface area contributed by atoms with Crippen LogP contribution in [-0.2, 0) is 19.1 Å². The Bertz CT molecular complexity index is 950. The van der Waals surface area contributed by atoms with E-state index in [-0.39, 0.29) is 18.9 Å². The molecule has 1 fully saturated rings.